The fourth-order valence-corrected chi connectivity index (χ4v) is 1.65. The minimum absolute atomic E-state index is 0.0942. The van der Waals surface area contributed by atoms with E-state index < -0.39 is 24.8 Å². The van der Waals surface area contributed by atoms with Gasteiger partial charge in [0.15, 0.2) is 6.61 Å². The number of ether oxygens (including phenoxy) is 1. The van der Waals surface area contributed by atoms with E-state index in [9.17, 15) is 22.8 Å². The number of aliphatic carboxylic acids is 1. The molecule has 0 radical (unpaired) electrons. The molecule has 0 bridgehead atoms. The zero-order valence-corrected chi connectivity index (χ0v) is 8.87. The van der Waals surface area contributed by atoms with Crippen molar-refractivity contribution in [2.75, 3.05) is 19.7 Å². The van der Waals surface area contributed by atoms with Crippen LogP contribution < -0.4 is 0 Å². The van der Waals surface area contributed by atoms with Crippen LogP contribution in [0.1, 0.15) is 12.8 Å². The molecule has 1 aliphatic rings. The van der Waals surface area contributed by atoms with Crippen LogP contribution in [-0.4, -0.2) is 47.9 Å². The smallest absolute Gasteiger partial charge is 0.422 e. The van der Waals surface area contributed by atoms with E-state index in [1.54, 1.807) is 0 Å². The quantitative estimate of drug-likeness (QED) is 0.829. The van der Waals surface area contributed by atoms with Crippen molar-refractivity contribution < 1.29 is 32.6 Å². The number of carboxylic acids is 1. The lowest BCUT2D eigenvalue weighted by molar-refractivity contribution is -0.162. The summed E-state index contributed by atoms with van der Waals surface area (Å²) in [6, 6.07) is 0. The summed E-state index contributed by atoms with van der Waals surface area (Å²) >= 11 is 0. The summed E-state index contributed by atoms with van der Waals surface area (Å²) in [6.45, 7) is -1.26. The average Bonchev–Trinajstić information content (AvgIpc) is 2.60. The zero-order chi connectivity index (χ0) is 13.1. The molecule has 1 unspecified atom stereocenters. The van der Waals surface area contributed by atoms with Gasteiger partial charge < -0.3 is 14.7 Å². The first-order valence-corrected chi connectivity index (χ1v) is 4.98. The Labute approximate surface area is 95.1 Å². The molecule has 1 atom stereocenters. The van der Waals surface area contributed by atoms with E-state index >= 15 is 0 Å². The maximum absolute atomic E-state index is 11.8. The van der Waals surface area contributed by atoms with Gasteiger partial charge in [-0.3, -0.25) is 4.79 Å². The van der Waals surface area contributed by atoms with E-state index in [1.807, 2.05) is 0 Å². The second kappa shape index (κ2) is 5.24. The molecule has 0 spiro atoms. The third-order valence-corrected chi connectivity index (χ3v) is 2.37. The van der Waals surface area contributed by atoms with Crippen molar-refractivity contribution in [1.82, 2.24) is 4.90 Å². The Bertz CT molecular complexity index is 305. The molecule has 1 amide bonds. The summed E-state index contributed by atoms with van der Waals surface area (Å²) in [4.78, 5) is 22.7. The van der Waals surface area contributed by atoms with Crippen LogP contribution in [0, 0.1) is 5.92 Å². The van der Waals surface area contributed by atoms with Crippen molar-refractivity contribution in [3.05, 3.63) is 0 Å². The fourth-order valence-electron chi connectivity index (χ4n) is 1.65. The van der Waals surface area contributed by atoms with Gasteiger partial charge in [-0.2, -0.15) is 13.2 Å². The Morgan fingerprint density at radius 3 is 2.59 bits per heavy atom. The molecule has 1 aliphatic heterocycles. The van der Waals surface area contributed by atoms with Crippen molar-refractivity contribution in [2.24, 2.45) is 5.92 Å². The third-order valence-electron chi connectivity index (χ3n) is 2.37. The second-order valence-corrected chi connectivity index (χ2v) is 3.87. The van der Waals surface area contributed by atoms with Gasteiger partial charge in [0.2, 0.25) is 0 Å². The Balaban J connectivity index is 2.33. The summed E-state index contributed by atoms with van der Waals surface area (Å²) in [5.41, 5.74) is 0. The molecule has 0 aromatic rings. The van der Waals surface area contributed by atoms with Gasteiger partial charge in [-0.15, -0.1) is 0 Å². The molecule has 8 heteroatoms. The lowest BCUT2D eigenvalue weighted by atomic mass is 10.1. The van der Waals surface area contributed by atoms with E-state index in [4.69, 9.17) is 5.11 Å². The minimum Gasteiger partial charge on any atom is -0.481 e. The Hall–Kier alpha value is -1.47. The fraction of sp³-hybridized carbons (Fsp3) is 0.778. The topological polar surface area (TPSA) is 66.8 Å². The predicted molar refractivity (Wildman–Crippen MR) is 49.3 cm³/mol. The third kappa shape index (κ3) is 4.92. The number of amides is 1. The van der Waals surface area contributed by atoms with Crippen LogP contribution in [-0.2, 0) is 9.53 Å². The van der Waals surface area contributed by atoms with Crippen LogP contribution >= 0.6 is 0 Å². The van der Waals surface area contributed by atoms with Gasteiger partial charge in [0, 0.05) is 19.5 Å². The van der Waals surface area contributed by atoms with Crippen molar-refractivity contribution in [2.45, 2.75) is 19.0 Å². The van der Waals surface area contributed by atoms with Crippen LogP contribution in [0.15, 0.2) is 0 Å². The summed E-state index contributed by atoms with van der Waals surface area (Å²) < 4.78 is 39.4. The summed E-state index contributed by atoms with van der Waals surface area (Å²) in [5.74, 6) is -1.20. The van der Waals surface area contributed by atoms with Crippen molar-refractivity contribution >= 4 is 12.1 Å². The molecular formula is C9H12F3NO4. The van der Waals surface area contributed by atoms with E-state index in [0.29, 0.717) is 6.42 Å². The number of rotatable bonds is 3. The summed E-state index contributed by atoms with van der Waals surface area (Å²) in [6.07, 6.45) is -5.22. The summed E-state index contributed by atoms with van der Waals surface area (Å²) in [5, 5.41) is 8.53. The highest BCUT2D eigenvalue weighted by atomic mass is 19.4. The van der Waals surface area contributed by atoms with Gasteiger partial charge in [-0.05, 0) is 12.3 Å². The molecular weight excluding hydrogens is 243 g/mol. The average molecular weight is 255 g/mol. The number of alkyl halides is 3. The van der Waals surface area contributed by atoms with Crippen molar-refractivity contribution in [1.29, 1.82) is 0 Å². The highest BCUT2D eigenvalue weighted by Gasteiger charge is 2.33. The SMILES string of the molecule is O=C(O)CC1CCN(C(=O)OCC(F)(F)F)C1. The van der Waals surface area contributed by atoms with Crippen LogP contribution in [0.2, 0.25) is 0 Å². The highest BCUT2D eigenvalue weighted by molar-refractivity contribution is 5.69. The van der Waals surface area contributed by atoms with Crippen molar-refractivity contribution in [3.8, 4) is 0 Å². The van der Waals surface area contributed by atoms with Crippen LogP contribution in [0.3, 0.4) is 0 Å². The molecule has 1 N–H and O–H groups in total. The lowest BCUT2D eigenvalue weighted by Gasteiger charge is -2.16. The van der Waals surface area contributed by atoms with Crippen molar-refractivity contribution in [3.63, 3.8) is 0 Å². The number of nitrogens with zero attached hydrogens (tertiary/aromatic N) is 1. The first-order valence-electron chi connectivity index (χ1n) is 4.98. The van der Waals surface area contributed by atoms with E-state index in [2.05, 4.69) is 4.74 Å². The van der Waals surface area contributed by atoms with E-state index in [0.717, 1.165) is 4.90 Å². The number of halogens is 3. The van der Waals surface area contributed by atoms with Gasteiger partial charge in [-0.1, -0.05) is 0 Å². The molecule has 0 aromatic heterocycles. The number of carbonyl (C=O) groups excluding carboxylic acids is 1. The van der Waals surface area contributed by atoms with Gasteiger partial charge in [0.25, 0.3) is 0 Å². The minimum atomic E-state index is -4.55. The normalized spacial score (nSPS) is 20.4. The molecule has 1 saturated heterocycles. The molecule has 1 heterocycles. The standard InChI is InChI=1S/C9H12F3NO4/c10-9(11,12)5-17-8(16)13-2-1-6(4-13)3-7(14)15/h6H,1-5H2,(H,14,15). The predicted octanol–water partition coefficient (Wildman–Crippen LogP) is 1.48. The molecule has 0 saturated carbocycles. The largest absolute Gasteiger partial charge is 0.481 e. The number of hydrogen-bond donors (Lipinski definition) is 1. The van der Waals surface area contributed by atoms with E-state index in [1.165, 1.54) is 0 Å². The molecule has 98 valence electrons. The molecule has 1 rings (SSSR count). The number of likely N-dealkylation sites (tertiary alicyclic amines) is 1. The summed E-state index contributed by atoms with van der Waals surface area (Å²) in [7, 11) is 0. The van der Waals surface area contributed by atoms with Crippen LogP contribution in [0.25, 0.3) is 0 Å². The second-order valence-electron chi connectivity index (χ2n) is 3.87. The Morgan fingerprint density at radius 2 is 2.06 bits per heavy atom. The molecule has 1 fully saturated rings. The van der Waals surface area contributed by atoms with Gasteiger partial charge in [-0.25, -0.2) is 4.79 Å². The maximum atomic E-state index is 11.8. The monoisotopic (exact) mass is 255 g/mol. The zero-order valence-electron chi connectivity index (χ0n) is 8.87. The maximum Gasteiger partial charge on any atom is 0.422 e. The van der Waals surface area contributed by atoms with Crippen LogP contribution in [0.4, 0.5) is 18.0 Å². The first kappa shape index (κ1) is 13.6. The molecule has 5 nitrogen and oxygen atoms in total. The number of hydrogen-bond acceptors (Lipinski definition) is 3. The first-order chi connectivity index (χ1) is 7.78. The molecule has 0 aromatic carbocycles. The number of carbonyl (C=O) groups is 2. The Morgan fingerprint density at radius 1 is 1.41 bits per heavy atom. The molecule has 0 aliphatic carbocycles. The Kier molecular flexibility index (Phi) is 4.19. The van der Waals surface area contributed by atoms with Gasteiger partial charge in [0.05, 0.1) is 0 Å². The highest BCUT2D eigenvalue weighted by Crippen LogP contribution is 2.21. The molecule has 17 heavy (non-hydrogen) atoms. The van der Waals surface area contributed by atoms with Gasteiger partial charge in [0.1, 0.15) is 0 Å². The number of carboxylic acid groups (broad SMARTS) is 1. The van der Waals surface area contributed by atoms with Crippen LogP contribution in [0.5, 0.6) is 0 Å². The van der Waals surface area contributed by atoms with Gasteiger partial charge >= 0.3 is 18.2 Å². The lowest BCUT2D eigenvalue weighted by Crippen LogP contribution is -2.32. The van der Waals surface area contributed by atoms with E-state index in [-0.39, 0.29) is 25.4 Å².